The Labute approximate surface area is 108 Å². The van der Waals surface area contributed by atoms with E-state index in [0.29, 0.717) is 6.10 Å². The zero-order chi connectivity index (χ0) is 12.2. The molecular weight excluding hydrogens is 208 g/mol. The fourth-order valence-electron chi connectivity index (χ4n) is 2.55. The second-order valence-electron chi connectivity index (χ2n) is 5.61. The normalized spacial score (nSPS) is 19.2. The van der Waals surface area contributed by atoms with Crippen molar-refractivity contribution >= 4 is 0 Å². The molecule has 0 aliphatic carbocycles. The summed E-state index contributed by atoms with van der Waals surface area (Å²) >= 11 is 0. The van der Waals surface area contributed by atoms with Crippen molar-refractivity contribution in [1.29, 1.82) is 0 Å². The Hall–Kier alpha value is -0.0400. The highest BCUT2D eigenvalue weighted by atomic mass is 16.5. The van der Waals surface area contributed by atoms with E-state index in [1.807, 2.05) is 0 Å². The molecule has 1 unspecified atom stereocenters. The molecule has 1 saturated heterocycles. The molecule has 1 aliphatic heterocycles. The van der Waals surface area contributed by atoms with Crippen molar-refractivity contribution in [3.05, 3.63) is 0 Å². The van der Waals surface area contributed by atoms with E-state index in [1.165, 1.54) is 83.5 Å². The molecular formula is C16H32O. The van der Waals surface area contributed by atoms with Crippen LogP contribution in [0, 0.1) is 0 Å². The predicted octanol–water partition coefficient (Wildman–Crippen LogP) is 5.48. The predicted molar refractivity (Wildman–Crippen MR) is 75.4 cm³/mol. The van der Waals surface area contributed by atoms with Crippen molar-refractivity contribution < 1.29 is 4.74 Å². The van der Waals surface area contributed by atoms with E-state index >= 15 is 0 Å². The first-order chi connectivity index (χ1) is 8.43. The molecule has 0 aromatic heterocycles. The molecule has 0 saturated carbocycles. The van der Waals surface area contributed by atoms with Gasteiger partial charge in [0.25, 0.3) is 0 Å². The highest BCUT2D eigenvalue weighted by molar-refractivity contribution is 4.65. The van der Waals surface area contributed by atoms with Crippen molar-refractivity contribution in [3.63, 3.8) is 0 Å². The molecule has 17 heavy (non-hydrogen) atoms. The van der Waals surface area contributed by atoms with Crippen LogP contribution in [0.25, 0.3) is 0 Å². The van der Waals surface area contributed by atoms with Crippen LogP contribution in [0.3, 0.4) is 0 Å². The van der Waals surface area contributed by atoms with Gasteiger partial charge in [-0.2, -0.15) is 0 Å². The molecule has 0 radical (unpaired) electrons. The Morgan fingerprint density at radius 1 is 0.765 bits per heavy atom. The molecule has 102 valence electrons. The summed E-state index contributed by atoms with van der Waals surface area (Å²) in [4.78, 5) is 0. The average Bonchev–Trinajstić information content (AvgIpc) is 2.28. The van der Waals surface area contributed by atoms with Crippen molar-refractivity contribution in [2.75, 3.05) is 6.61 Å². The van der Waals surface area contributed by atoms with E-state index in [0.717, 1.165) is 6.61 Å². The van der Waals surface area contributed by atoms with Gasteiger partial charge in [-0.3, -0.25) is 0 Å². The van der Waals surface area contributed by atoms with Crippen LogP contribution < -0.4 is 0 Å². The van der Waals surface area contributed by atoms with Crippen LogP contribution in [-0.4, -0.2) is 12.7 Å². The summed E-state index contributed by atoms with van der Waals surface area (Å²) in [5.41, 5.74) is 0. The lowest BCUT2D eigenvalue weighted by atomic mass is 10.0. The van der Waals surface area contributed by atoms with Gasteiger partial charge in [-0.15, -0.1) is 0 Å². The maximum absolute atomic E-state index is 5.42. The SMILES string of the molecule is CCCCCCCCCCCCCC1CCO1. The third-order valence-corrected chi connectivity index (χ3v) is 3.92. The minimum atomic E-state index is 0.633. The number of ether oxygens (including phenoxy) is 1. The maximum atomic E-state index is 5.42. The highest BCUT2D eigenvalue weighted by Gasteiger charge is 2.16. The van der Waals surface area contributed by atoms with Crippen molar-refractivity contribution in [2.45, 2.75) is 96.5 Å². The highest BCUT2D eigenvalue weighted by Crippen LogP contribution is 2.19. The quantitative estimate of drug-likeness (QED) is 0.411. The largest absolute Gasteiger partial charge is 0.378 e. The number of rotatable bonds is 12. The fourth-order valence-corrected chi connectivity index (χ4v) is 2.55. The first-order valence-corrected chi connectivity index (χ1v) is 8.05. The smallest absolute Gasteiger partial charge is 0.0597 e. The molecule has 1 heteroatoms. The monoisotopic (exact) mass is 240 g/mol. The van der Waals surface area contributed by atoms with E-state index in [-0.39, 0.29) is 0 Å². The molecule has 1 atom stereocenters. The number of unbranched alkanes of at least 4 members (excludes halogenated alkanes) is 10. The lowest BCUT2D eigenvalue weighted by molar-refractivity contribution is -0.0555. The molecule has 1 heterocycles. The van der Waals surface area contributed by atoms with Gasteiger partial charge in [-0.1, -0.05) is 77.6 Å². The third-order valence-electron chi connectivity index (χ3n) is 3.92. The van der Waals surface area contributed by atoms with E-state index in [9.17, 15) is 0 Å². The Balaban J connectivity index is 1.64. The second kappa shape index (κ2) is 11.1. The molecule has 0 amide bonds. The maximum Gasteiger partial charge on any atom is 0.0597 e. The molecule has 1 aliphatic rings. The summed E-state index contributed by atoms with van der Waals surface area (Å²) in [6.45, 7) is 3.30. The molecule has 1 fully saturated rings. The fraction of sp³-hybridized carbons (Fsp3) is 1.00. The minimum absolute atomic E-state index is 0.633. The van der Waals surface area contributed by atoms with Crippen molar-refractivity contribution in [2.24, 2.45) is 0 Å². The van der Waals surface area contributed by atoms with Crippen molar-refractivity contribution in [1.82, 2.24) is 0 Å². The van der Waals surface area contributed by atoms with Gasteiger partial charge in [0.2, 0.25) is 0 Å². The lowest BCUT2D eigenvalue weighted by Gasteiger charge is -2.26. The summed E-state index contributed by atoms with van der Waals surface area (Å²) in [6.07, 6.45) is 19.1. The Kier molecular flexibility index (Phi) is 9.78. The van der Waals surface area contributed by atoms with E-state index in [1.54, 1.807) is 0 Å². The van der Waals surface area contributed by atoms with Gasteiger partial charge in [0.05, 0.1) is 6.10 Å². The van der Waals surface area contributed by atoms with Crippen LogP contribution in [0.15, 0.2) is 0 Å². The molecule has 0 aromatic rings. The van der Waals surface area contributed by atoms with Crippen LogP contribution in [0.1, 0.15) is 90.4 Å². The van der Waals surface area contributed by atoms with Gasteiger partial charge in [0, 0.05) is 6.61 Å². The van der Waals surface area contributed by atoms with Gasteiger partial charge in [0.15, 0.2) is 0 Å². The molecule has 0 N–H and O–H groups in total. The summed E-state index contributed by atoms with van der Waals surface area (Å²) in [5, 5.41) is 0. The lowest BCUT2D eigenvalue weighted by Crippen LogP contribution is -2.26. The second-order valence-corrected chi connectivity index (χ2v) is 5.61. The van der Waals surface area contributed by atoms with Crippen LogP contribution in [0.2, 0.25) is 0 Å². The molecule has 0 aromatic carbocycles. The van der Waals surface area contributed by atoms with Crippen LogP contribution in [0.4, 0.5) is 0 Å². The first kappa shape index (κ1) is 15.0. The van der Waals surface area contributed by atoms with Gasteiger partial charge >= 0.3 is 0 Å². The molecule has 0 bridgehead atoms. The minimum Gasteiger partial charge on any atom is -0.378 e. The molecule has 1 nitrogen and oxygen atoms in total. The number of hydrogen-bond donors (Lipinski definition) is 0. The zero-order valence-corrected chi connectivity index (χ0v) is 11.9. The van der Waals surface area contributed by atoms with Gasteiger partial charge in [0.1, 0.15) is 0 Å². The van der Waals surface area contributed by atoms with E-state index < -0.39 is 0 Å². The third kappa shape index (κ3) is 8.65. The van der Waals surface area contributed by atoms with Gasteiger partial charge < -0.3 is 4.74 Å². The Morgan fingerprint density at radius 3 is 1.65 bits per heavy atom. The molecule has 1 rings (SSSR count). The van der Waals surface area contributed by atoms with Gasteiger partial charge in [-0.05, 0) is 12.8 Å². The first-order valence-electron chi connectivity index (χ1n) is 8.05. The summed E-state index contributed by atoms with van der Waals surface area (Å²) in [6, 6.07) is 0. The van der Waals surface area contributed by atoms with Crippen LogP contribution in [0.5, 0.6) is 0 Å². The topological polar surface area (TPSA) is 9.23 Å². The van der Waals surface area contributed by atoms with Crippen LogP contribution >= 0.6 is 0 Å². The van der Waals surface area contributed by atoms with Crippen molar-refractivity contribution in [3.8, 4) is 0 Å². The standard InChI is InChI=1S/C16H32O/c1-2-3-4-5-6-7-8-9-10-11-12-13-16-14-15-17-16/h16H,2-15H2,1H3. The van der Waals surface area contributed by atoms with Crippen LogP contribution in [-0.2, 0) is 4.74 Å². The summed E-state index contributed by atoms with van der Waals surface area (Å²) < 4.78 is 5.42. The summed E-state index contributed by atoms with van der Waals surface area (Å²) in [5.74, 6) is 0. The molecule has 0 spiro atoms. The van der Waals surface area contributed by atoms with E-state index in [2.05, 4.69) is 6.92 Å². The average molecular weight is 240 g/mol. The van der Waals surface area contributed by atoms with E-state index in [4.69, 9.17) is 4.74 Å². The summed E-state index contributed by atoms with van der Waals surface area (Å²) in [7, 11) is 0. The Morgan fingerprint density at radius 2 is 1.24 bits per heavy atom. The zero-order valence-electron chi connectivity index (χ0n) is 11.9. The van der Waals surface area contributed by atoms with Gasteiger partial charge in [-0.25, -0.2) is 0 Å². The Bertz CT molecular complexity index is 152. The number of hydrogen-bond acceptors (Lipinski definition) is 1.